The van der Waals surface area contributed by atoms with Gasteiger partial charge in [-0.2, -0.15) is 0 Å². The van der Waals surface area contributed by atoms with E-state index in [0.717, 1.165) is 16.7 Å². The second-order valence-electron chi connectivity index (χ2n) is 4.21. The van der Waals surface area contributed by atoms with Gasteiger partial charge in [-0.15, -0.1) is 0 Å². The maximum Gasteiger partial charge on any atom is 0.111 e. The van der Waals surface area contributed by atoms with Gasteiger partial charge in [-0.05, 0) is 47.4 Å². The van der Waals surface area contributed by atoms with Crippen molar-refractivity contribution < 1.29 is 0 Å². The topological polar surface area (TPSA) is 24.9 Å². The molecule has 0 bridgehead atoms. The van der Waals surface area contributed by atoms with E-state index < -0.39 is 0 Å². The third-order valence-electron chi connectivity index (χ3n) is 3.14. The second kappa shape index (κ2) is 4.15. The van der Waals surface area contributed by atoms with Gasteiger partial charge in [0.1, 0.15) is 4.60 Å². The van der Waals surface area contributed by atoms with Crippen LogP contribution >= 0.6 is 15.9 Å². The van der Waals surface area contributed by atoms with E-state index in [-0.39, 0.29) is 0 Å². The molecule has 2 nitrogen and oxygen atoms in total. The molecular formula is C13H13BrN2. The van der Waals surface area contributed by atoms with E-state index in [1.807, 2.05) is 12.1 Å². The molecule has 16 heavy (non-hydrogen) atoms. The molecule has 1 saturated heterocycles. The Hall–Kier alpha value is -0.930. The lowest BCUT2D eigenvalue weighted by Gasteiger charge is -2.13. The van der Waals surface area contributed by atoms with Crippen LogP contribution < -0.4 is 5.32 Å². The molecule has 0 spiro atoms. The van der Waals surface area contributed by atoms with Crippen LogP contribution in [0.2, 0.25) is 0 Å². The van der Waals surface area contributed by atoms with Gasteiger partial charge < -0.3 is 5.32 Å². The van der Waals surface area contributed by atoms with Crippen LogP contribution in [0, 0.1) is 0 Å². The highest BCUT2D eigenvalue weighted by Gasteiger charge is 2.19. The van der Waals surface area contributed by atoms with Crippen LogP contribution in [-0.2, 0) is 0 Å². The molecule has 2 aromatic rings. The largest absolute Gasteiger partial charge is 0.310 e. The van der Waals surface area contributed by atoms with Crippen molar-refractivity contribution in [1.82, 2.24) is 10.3 Å². The van der Waals surface area contributed by atoms with Crippen molar-refractivity contribution in [3.8, 4) is 0 Å². The lowest BCUT2D eigenvalue weighted by Crippen LogP contribution is -2.13. The Morgan fingerprint density at radius 1 is 1.31 bits per heavy atom. The first-order valence-electron chi connectivity index (χ1n) is 5.63. The van der Waals surface area contributed by atoms with Crippen LogP contribution in [0.5, 0.6) is 0 Å². The van der Waals surface area contributed by atoms with Crippen molar-refractivity contribution in [2.75, 3.05) is 6.54 Å². The molecule has 1 aromatic heterocycles. The molecule has 82 valence electrons. The Morgan fingerprint density at radius 3 is 3.00 bits per heavy atom. The number of pyridine rings is 1. The molecule has 1 aliphatic rings. The number of hydrogen-bond donors (Lipinski definition) is 1. The highest BCUT2D eigenvalue weighted by molar-refractivity contribution is 9.10. The molecule has 1 unspecified atom stereocenters. The molecule has 1 fully saturated rings. The highest BCUT2D eigenvalue weighted by atomic mass is 79.9. The van der Waals surface area contributed by atoms with Crippen LogP contribution in [-0.4, -0.2) is 11.5 Å². The number of halogens is 1. The summed E-state index contributed by atoms with van der Waals surface area (Å²) < 4.78 is 0.977. The summed E-state index contributed by atoms with van der Waals surface area (Å²) in [7, 11) is 0. The van der Waals surface area contributed by atoms with Crippen LogP contribution in [0.15, 0.2) is 34.9 Å². The maximum atomic E-state index is 4.60. The number of nitrogens with one attached hydrogen (secondary N) is 1. The monoisotopic (exact) mass is 276 g/mol. The quantitative estimate of drug-likeness (QED) is 0.808. The summed E-state index contributed by atoms with van der Waals surface area (Å²) in [5.41, 5.74) is 2.34. The molecule has 2 heterocycles. The number of nitrogens with zero attached hydrogens (tertiary/aromatic N) is 1. The minimum Gasteiger partial charge on any atom is -0.310 e. The summed E-state index contributed by atoms with van der Waals surface area (Å²) in [4.78, 5) is 4.60. The number of aromatic nitrogens is 1. The standard InChI is InChI=1S/C13H13BrN2/c14-13-10(12-6-3-7-15-12)8-9-4-1-2-5-11(9)16-13/h1-2,4-5,8,12,15H,3,6-7H2. The first kappa shape index (κ1) is 10.2. The van der Waals surface area contributed by atoms with E-state index in [1.54, 1.807) is 0 Å². The zero-order valence-corrected chi connectivity index (χ0v) is 10.5. The van der Waals surface area contributed by atoms with Crippen molar-refractivity contribution in [2.24, 2.45) is 0 Å². The van der Waals surface area contributed by atoms with Crippen molar-refractivity contribution in [3.63, 3.8) is 0 Å². The van der Waals surface area contributed by atoms with E-state index in [9.17, 15) is 0 Å². The lowest BCUT2D eigenvalue weighted by atomic mass is 10.1. The highest BCUT2D eigenvalue weighted by Crippen LogP contribution is 2.30. The molecule has 0 radical (unpaired) electrons. The number of fused-ring (bicyclic) bond motifs is 1. The lowest BCUT2D eigenvalue weighted by molar-refractivity contribution is 0.643. The van der Waals surface area contributed by atoms with E-state index in [2.05, 4.69) is 44.4 Å². The van der Waals surface area contributed by atoms with Crippen LogP contribution in [0.25, 0.3) is 10.9 Å². The van der Waals surface area contributed by atoms with E-state index in [4.69, 9.17) is 0 Å². The van der Waals surface area contributed by atoms with E-state index in [0.29, 0.717) is 6.04 Å². The molecule has 1 aromatic carbocycles. The first-order chi connectivity index (χ1) is 7.84. The molecule has 0 aliphatic carbocycles. The zero-order valence-electron chi connectivity index (χ0n) is 8.91. The van der Waals surface area contributed by atoms with Crippen molar-refractivity contribution >= 4 is 26.8 Å². The molecule has 3 rings (SSSR count). The summed E-state index contributed by atoms with van der Waals surface area (Å²) in [6, 6.07) is 11.0. The molecule has 1 aliphatic heterocycles. The summed E-state index contributed by atoms with van der Waals surface area (Å²) in [6.07, 6.45) is 2.46. The average Bonchev–Trinajstić information content (AvgIpc) is 2.81. The predicted octanol–water partition coefficient (Wildman–Crippen LogP) is 3.42. The summed E-state index contributed by atoms with van der Waals surface area (Å²) in [6.45, 7) is 1.12. The Labute approximate surface area is 103 Å². The third kappa shape index (κ3) is 1.74. The van der Waals surface area contributed by atoms with Gasteiger partial charge in [-0.1, -0.05) is 18.2 Å². The molecule has 3 heteroatoms. The van der Waals surface area contributed by atoms with Crippen molar-refractivity contribution in [3.05, 3.63) is 40.5 Å². The second-order valence-corrected chi connectivity index (χ2v) is 4.96. The Morgan fingerprint density at radius 2 is 2.19 bits per heavy atom. The van der Waals surface area contributed by atoms with Crippen LogP contribution in [0.3, 0.4) is 0 Å². The van der Waals surface area contributed by atoms with E-state index in [1.165, 1.54) is 23.8 Å². The molecule has 0 amide bonds. The first-order valence-corrected chi connectivity index (χ1v) is 6.42. The number of rotatable bonds is 1. The number of benzene rings is 1. The van der Waals surface area contributed by atoms with Gasteiger partial charge >= 0.3 is 0 Å². The summed E-state index contributed by atoms with van der Waals surface area (Å²) in [5, 5.41) is 4.73. The van der Waals surface area contributed by atoms with Gasteiger partial charge in [0.2, 0.25) is 0 Å². The zero-order chi connectivity index (χ0) is 11.0. The minimum atomic E-state index is 0.464. The van der Waals surface area contributed by atoms with E-state index >= 15 is 0 Å². The van der Waals surface area contributed by atoms with Crippen LogP contribution in [0.4, 0.5) is 0 Å². The normalized spacial score (nSPS) is 20.4. The minimum absolute atomic E-state index is 0.464. The Kier molecular flexibility index (Phi) is 2.65. The van der Waals surface area contributed by atoms with Gasteiger partial charge in [-0.3, -0.25) is 0 Å². The fourth-order valence-corrected chi connectivity index (χ4v) is 2.88. The Balaban J connectivity index is 2.13. The van der Waals surface area contributed by atoms with Gasteiger partial charge in [0.25, 0.3) is 0 Å². The number of para-hydroxylation sites is 1. The Bertz CT molecular complexity index is 518. The SMILES string of the molecule is Brc1nc2ccccc2cc1C1CCCN1. The fourth-order valence-electron chi connectivity index (χ4n) is 2.30. The molecular weight excluding hydrogens is 264 g/mol. The summed E-state index contributed by atoms with van der Waals surface area (Å²) >= 11 is 3.58. The predicted molar refractivity (Wildman–Crippen MR) is 69.4 cm³/mol. The number of hydrogen-bond acceptors (Lipinski definition) is 2. The average molecular weight is 277 g/mol. The van der Waals surface area contributed by atoms with Crippen LogP contribution in [0.1, 0.15) is 24.4 Å². The van der Waals surface area contributed by atoms with Gasteiger partial charge in [0, 0.05) is 17.0 Å². The van der Waals surface area contributed by atoms with Crippen molar-refractivity contribution in [1.29, 1.82) is 0 Å². The molecule has 1 N–H and O–H groups in total. The molecule has 0 saturated carbocycles. The summed E-state index contributed by atoms with van der Waals surface area (Å²) in [5.74, 6) is 0. The van der Waals surface area contributed by atoms with Gasteiger partial charge in [-0.25, -0.2) is 4.98 Å². The van der Waals surface area contributed by atoms with Crippen molar-refractivity contribution in [2.45, 2.75) is 18.9 Å². The third-order valence-corrected chi connectivity index (χ3v) is 3.78. The fraction of sp³-hybridized carbons (Fsp3) is 0.308. The maximum absolute atomic E-state index is 4.60. The smallest absolute Gasteiger partial charge is 0.111 e. The van der Waals surface area contributed by atoms with Gasteiger partial charge in [0.05, 0.1) is 5.52 Å². The van der Waals surface area contributed by atoms with Gasteiger partial charge in [0.15, 0.2) is 0 Å². The molecule has 1 atom stereocenters.